The fourth-order valence-corrected chi connectivity index (χ4v) is 6.22. The smallest absolute Gasteiger partial charge is 0.252 e. The van der Waals surface area contributed by atoms with Crippen molar-refractivity contribution in [3.05, 3.63) is 17.0 Å². The van der Waals surface area contributed by atoms with Gasteiger partial charge in [0.25, 0.3) is 10.0 Å². The highest BCUT2D eigenvalue weighted by Gasteiger charge is 2.33. The van der Waals surface area contributed by atoms with E-state index in [1.165, 1.54) is 24.2 Å². The van der Waals surface area contributed by atoms with Gasteiger partial charge in [0.2, 0.25) is 0 Å². The Morgan fingerprint density at radius 1 is 1.25 bits per heavy atom. The summed E-state index contributed by atoms with van der Waals surface area (Å²) in [7, 11) is -3.26. The Morgan fingerprint density at radius 2 is 2.00 bits per heavy atom. The first-order valence-corrected chi connectivity index (χ1v) is 9.63. The van der Waals surface area contributed by atoms with Gasteiger partial charge < -0.3 is 5.32 Å². The van der Waals surface area contributed by atoms with E-state index in [2.05, 4.69) is 5.32 Å². The lowest BCUT2D eigenvalue weighted by Gasteiger charge is -2.33. The van der Waals surface area contributed by atoms with Crippen LogP contribution in [-0.2, 0) is 10.0 Å². The first-order chi connectivity index (χ1) is 9.57. The molecule has 0 amide bonds. The lowest BCUT2D eigenvalue weighted by Crippen LogP contribution is -2.43. The van der Waals surface area contributed by atoms with Crippen molar-refractivity contribution in [2.45, 2.75) is 42.9 Å². The molecule has 20 heavy (non-hydrogen) atoms. The molecule has 3 rings (SSSR count). The van der Waals surface area contributed by atoms with Crippen molar-refractivity contribution >= 4 is 21.4 Å². The maximum absolute atomic E-state index is 12.5. The van der Waals surface area contributed by atoms with Gasteiger partial charge in [0.1, 0.15) is 4.21 Å². The van der Waals surface area contributed by atoms with Gasteiger partial charge in [0, 0.05) is 24.0 Å². The second-order valence-electron chi connectivity index (χ2n) is 5.81. The van der Waals surface area contributed by atoms with E-state index in [9.17, 15) is 8.42 Å². The van der Waals surface area contributed by atoms with Crippen LogP contribution < -0.4 is 5.32 Å². The van der Waals surface area contributed by atoms with Gasteiger partial charge in [-0.1, -0.05) is 0 Å². The summed E-state index contributed by atoms with van der Waals surface area (Å²) in [6.45, 7) is 4.41. The van der Waals surface area contributed by atoms with Gasteiger partial charge in [-0.15, -0.1) is 11.3 Å². The Bertz CT molecular complexity index is 553. The van der Waals surface area contributed by atoms with Gasteiger partial charge in [-0.05, 0) is 57.2 Å². The normalized spacial score (nSPS) is 26.1. The molecule has 2 fully saturated rings. The largest absolute Gasteiger partial charge is 0.314 e. The number of thiophene rings is 1. The molecular formula is C14H22N2O2S2. The number of rotatable bonds is 3. The van der Waals surface area contributed by atoms with E-state index in [0.717, 1.165) is 24.3 Å². The summed E-state index contributed by atoms with van der Waals surface area (Å²) < 4.78 is 27.3. The van der Waals surface area contributed by atoms with Crippen LogP contribution in [0, 0.1) is 12.8 Å². The minimum absolute atomic E-state index is 0.493. The van der Waals surface area contributed by atoms with Crippen molar-refractivity contribution in [2.24, 2.45) is 5.92 Å². The predicted molar refractivity (Wildman–Crippen MR) is 81.6 cm³/mol. The Labute approximate surface area is 125 Å². The summed E-state index contributed by atoms with van der Waals surface area (Å²) in [5.41, 5.74) is 0. The molecule has 0 aliphatic carbocycles. The summed E-state index contributed by atoms with van der Waals surface area (Å²) >= 11 is 1.37. The summed E-state index contributed by atoms with van der Waals surface area (Å²) in [6, 6.07) is 4.23. The molecule has 0 bridgehead atoms. The number of hydrogen-bond donors (Lipinski definition) is 1. The maximum Gasteiger partial charge on any atom is 0.252 e. The second kappa shape index (κ2) is 5.75. The standard InChI is InChI=1S/C14H22N2O2S2/c1-11-4-5-14(19-11)20(17,18)16-9-6-12(7-10-16)13-3-2-8-15-13/h4-5,12-13,15H,2-3,6-10H2,1H3. The molecule has 0 spiro atoms. The number of nitrogens with zero attached hydrogens (tertiary/aromatic N) is 1. The van der Waals surface area contributed by atoms with E-state index >= 15 is 0 Å². The molecule has 1 aromatic rings. The highest BCUT2D eigenvalue weighted by molar-refractivity contribution is 7.91. The van der Waals surface area contributed by atoms with Gasteiger partial charge in [0.15, 0.2) is 0 Å². The minimum atomic E-state index is -3.26. The van der Waals surface area contributed by atoms with Crippen LogP contribution in [0.5, 0.6) is 0 Å². The van der Waals surface area contributed by atoms with Crippen molar-refractivity contribution in [3.63, 3.8) is 0 Å². The van der Waals surface area contributed by atoms with E-state index < -0.39 is 10.0 Å². The van der Waals surface area contributed by atoms with Gasteiger partial charge in [-0.25, -0.2) is 8.42 Å². The first-order valence-electron chi connectivity index (χ1n) is 7.37. The molecule has 112 valence electrons. The maximum atomic E-state index is 12.5. The summed E-state index contributed by atoms with van der Waals surface area (Å²) in [5.74, 6) is 0.647. The third-order valence-electron chi connectivity index (χ3n) is 4.48. The van der Waals surface area contributed by atoms with Crippen LogP contribution in [0.25, 0.3) is 0 Å². The molecule has 1 unspecified atom stereocenters. The van der Waals surface area contributed by atoms with Crippen molar-refractivity contribution in [1.82, 2.24) is 9.62 Å². The molecule has 0 aromatic carbocycles. The second-order valence-corrected chi connectivity index (χ2v) is 9.26. The zero-order chi connectivity index (χ0) is 14.2. The first kappa shape index (κ1) is 14.5. The topological polar surface area (TPSA) is 49.4 Å². The third-order valence-corrected chi connectivity index (χ3v) is 7.84. The summed E-state index contributed by atoms with van der Waals surface area (Å²) in [6.07, 6.45) is 4.49. The highest BCUT2D eigenvalue weighted by atomic mass is 32.2. The van der Waals surface area contributed by atoms with Crippen molar-refractivity contribution in [1.29, 1.82) is 0 Å². The Balaban J connectivity index is 1.65. The van der Waals surface area contributed by atoms with Crippen molar-refractivity contribution in [3.8, 4) is 0 Å². The van der Waals surface area contributed by atoms with Crippen molar-refractivity contribution in [2.75, 3.05) is 19.6 Å². The molecule has 2 aliphatic rings. The predicted octanol–water partition coefficient (Wildman–Crippen LogP) is 2.21. The van der Waals surface area contributed by atoms with Gasteiger partial charge in [-0.3, -0.25) is 0 Å². The number of nitrogens with one attached hydrogen (secondary N) is 1. The van der Waals surface area contributed by atoms with Crippen LogP contribution in [-0.4, -0.2) is 38.4 Å². The SMILES string of the molecule is Cc1ccc(S(=O)(=O)N2CCC(C3CCCN3)CC2)s1. The summed E-state index contributed by atoms with van der Waals surface area (Å²) in [5, 5.41) is 3.55. The molecule has 2 saturated heterocycles. The van der Waals surface area contributed by atoms with E-state index in [1.807, 2.05) is 13.0 Å². The van der Waals surface area contributed by atoms with Gasteiger partial charge in [-0.2, -0.15) is 4.31 Å². The van der Waals surface area contributed by atoms with E-state index in [0.29, 0.717) is 29.3 Å². The monoisotopic (exact) mass is 314 g/mol. The highest BCUT2D eigenvalue weighted by Crippen LogP contribution is 2.30. The van der Waals surface area contributed by atoms with Gasteiger partial charge in [0.05, 0.1) is 0 Å². The zero-order valence-electron chi connectivity index (χ0n) is 11.8. The van der Waals surface area contributed by atoms with Crippen LogP contribution in [0.1, 0.15) is 30.6 Å². The van der Waals surface area contributed by atoms with Crippen LogP contribution in [0.3, 0.4) is 0 Å². The Kier molecular flexibility index (Phi) is 4.17. The van der Waals surface area contributed by atoms with Gasteiger partial charge >= 0.3 is 0 Å². The van der Waals surface area contributed by atoms with Crippen LogP contribution in [0.4, 0.5) is 0 Å². The molecule has 0 radical (unpaired) electrons. The van der Waals surface area contributed by atoms with Crippen LogP contribution in [0.2, 0.25) is 0 Å². The van der Waals surface area contributed by atoms with E-state index in [-0.39, 0.29) is 0 Å². The molecule has 1 N–H and O–H groups in total. The molecule has 2 aliphatic heterocycles. The average molecular weight is 314 g/mol. The molecule has 1 atom stereocenters. The third kappa shape index (κ3) is 2.79. The number of aryl methyl sites for hydroxylation is 1. The zero-order valence-corrected chi connectivity index (χ0v) is 13.5. The molecular weight excluding hydrogens is 292 g/mol. The lowest BCUT2D eigenvalue weighted by atomic mass is 9.89. The van der Waals surface area contributed by atoms with Crippen LogP contribution in [0.15, 0.2) is 16.3 Å². The number of hydrogen-bond acceptors (Lipinski definition) is 4. The fraction of sp³-hybridized carbons (Fsp3) is 0.714. The number of piperidine rings is 1. The Morgan fingerprint density at radius 3 is 2.55 bits per heavy atom. The molecule has 6 heteroatoms. The van der Waals surface area contributed by atoms with Crippen LogP contribution >= 0.6 is 11.3 Å². The summed E-state index contributed by atoms with van der Waals surface area (Å²) in [4.78, 5) is 1.05. The van der Waals surface area contributed by atoms with E-state index in [1.54, 1.807) is 10.4 Å². The minimum Gasteiger partial charge on any atom is -0.314 e. The molecule has 3 heterocycles. The van der Waals surface area contributed by atoms with E-state index in [4.69, 9.17) is 0 Å². The number of sulfonamides is 1. The Hall–Kier alpha value is -0.430. The van der Waals surface area contributed by atoms with Crippen molar-refractivity contribution < 1.29 is 8.42 Å². The quantitative estimate of drug-likeness (QED) is 0.930. The molecule has 1 aromatic heterocycles. The average Bonchev–Trinajstić information content (AvgIpc) is 3.10. The molecule has 4 nitrogen and oxygen atoms in total. The lowest BCUT2D eigenvalue weighted by molar-refractivity contribution is 0.234. The molecule has 0 saturated carbocycles. The fourth-order valence-electron chi connectivity index (χ4n) is 3.31.